The Kier molecular flexibility index (Phi) is 4.21. The van der Waals surface area contributed by atoms with Gasteiger partial charge in [-0.05, 0) is 50.8 Å². The molecule has 0 saturated carbocycles. The number of rotatable bonds is 2. The van der Waals surface area contributed by atoms with Crippen LogP contribution in [0.1, 0.15) is 30.9 Å². The summed E-state index contributed by atoms with van der Waals surface area (Å²) in [6.45, 7) is 6.50. The van der Waals surface area contributed by atoms with Gasteiger partial charge in [0.05, 0.1) is 5.41 Å². The highest BCUT2D eigenvalue weighted by Gasteiger charge is 2.39. The highest BCUT2D eigenvalue weighted by molar-refractivity contribution is 5.91. The van der Waals surface area contributed by atoms with Crippen LogP contribution in [0.4, 0.5) is 10.5 Å². The van der Waals surface area contributed by atoms with Crippen molar-refractivity contribution in [3.63, 3.8) is 0 Å². The Hall–Kier alpha value is -2.04. The summed E-state index contributed by atoms with van der Waals surface area (Å²) in [6, 6.07) is 5.53. The van der Waals surface area contributed by atoms with Crippen molar-refractivity contribution in [1.29, 1.82) is 0 Å². The van der Waals surface area contributed by atoms with E-state index in [1.165, 1.54) is 0 Å². The summed E-state index contributed by atoms with van der Waals surface area (Å²) in [5, 5.41) is 12.2. The van der Waals surface area contributed by atoms with Gasteiger partial charge in [-0.25, -0.2) is 4.79 Å². The first-order valence-corrected chi connectivity index (χ1v) is 7.19. The minimum atomic E-state index is -0.850. The summed E-state index contributed by atoms with van der Waals surface area (Å²) in [5.41, 5.74) is 2.07. The maximum Gasteiger partial charge on any atom is 0.321 e. The van der Waals surface area contributed by atoms with Gasteiger partial charge in [0.15, 0.2) is 0 Å². The first-order valence-electron chi connectivity index (χ1n) is 7.19. The number of aliphatic carboxylic acids is 1. The number of hydrogen-bond donors (Lipinski definition) is 2. The van der Waals surface area contributed by atoms with Crippen LogP contribution in [0.5, 0.6) is 0 Å². The Morgan fingerprint density at radius 3 is 2.71 bits per heavy atom. The Balaban J connectivity index is 2.10. The van der Waals surface area contributed by atoms with E-state index >= 15 is 0 Å². The van der Waals surface area contributed by atoms with E-state index in [0.29, 0.717) is 19.4 Å². The molecule has 2 N–H and O–H groups in total. The predicted molar refractivity (Wildman–Crippen MR) is 81.5 cm³/mol. The van der Waals surface area contributed by atoms with Crippen LogP contribution in [0.15, 0.2) is 18.2 Å². The molecule has 0 aromatic heterocycles. The van der Waals surface area contributed by atoms with Crippen molar-refractivity contribution in [2.45, 2.75) is 33.6 Å². The third-order valence-corrected chi connectivity index (χ3v) is 4.35. The lowest BCUT2D eigenvalue weighted by Gasteiger charge is -2.37. The maximum absolute atomic E-state index is 12.4. The van der Waals surface area contributed by atoms with Crippen LogP contribution in [-0.4, -0.2) is 35.1 Å². The minimum Gasteiger partial charge on any atom is -0.481 e. The second-order valence-corrected chi connectivity index (χ2v) is 6.07. The molecule has 5 heteroatoms. The molecule has 1 unspecified atom stereocenters. The van der Waals surface area contributed by atoms with E-state index in [1.54, 1.807) is 11.8 Å². The lowest BCUT2D eigenvalue weighted by atomic mass is 9.82. The highest BCUT2D eigenvalue weighted by Crippen LogP contribution is 2.30. The molecule has 0 aliphatic carbocycles. The number of piperidine rings is 1. The lowest BCUT2D eigenvalue weighted by Crippen LogP contribution is -2.49. The van der Waals surface area contributed by atoms with Gasteiger partial charge in [0.1, 0.15) is 0 Å². The number of anilines is 1. The molecule has 1 heterocycles. The van der Waals surface area contributed by atoms with E-state index in [9.17, 15) is 14.7 Å². The van der Waals surface area contributed by atoms with E-state index in [4.69, 9.17) is 0 Å². The van der Waals surface area contributed by atoms with Gasteiger partial charge in [-0.2, -0.15) is 0 Å². The van der Waals surface area contributed by atoms with E-state index < -0.39 is 11.4 Å². The maximum atomic E-state index is 12.4. The average molecular weight is 290 g/mol. The summed E-state index contributed by atoms with van der Waals surface area (Å²) in [5.74, 6) is -0.841. The van der Waals surface area contributed by atoms with Gasteiger partial charge >= 0.3 is 12.0 Å². The van der Waals surface area contributed by atoms with Gasteiger partial charge < -0.3 is 15.3 Å². The van der Waals surface area contributed by atoms with Crippen molar-refractivity contribution in [1.82, 2.24) is 4.90 Å². The number of amides is 2. The number of carbonyl (C=O) groups is 2. The summed E-state index contributed by atoms with van der Waals surface area (Å²) < 4.78 is 0. The first-order chi connectivity index (χ1) is 9.83. The molecule has 2 amide bonds. The van der Waals surface area contributed by atoms with Crippen molar-refractivity contribution in [2.24, 2.45) is 5.41 Å². The molecule has 1 aromatic rings. The van der Waals surface area contributed by atoms with Crippen LogP contribution in [0, 0.1) is 19.3 Å². The number of nitrogens with zero attached hydrogens (tertiary/aromatic N) is 1. The molecule has 5 nitrogen and oxygen atoms in total. The number of carboxylic acids is 1. The third kappa shape index (κ3) is 3.17. The molecule has 1 fully saturated rings. The van der Waals surface area contributed by atoms with Gasteiger partial charge in [-0.3, -0.25) is 4.79 Å². The topological polar surface area (TPSA) is 69.6 Å². The van der Waals surface area contributed by atoms with Crippen molar-refractivity contribution in [3.05, 3.63) is 29.3 Å². The van der Waals surface area contributed by atoms with Crippen LogP contribution in [0.2, 0.25) is 0 Å². The minimum absolute atomic E-state index is 0.226. The fourth-order valence-corrected chi connectivity index (χ4v) is 2.67. The molecule has 1 saturated heterocycles. The molecule has 0 radical (unpaired) electrons. The number of benzene rings is 1. The number of aryl methyl sites for hydroxylation is 1. The zero-order valence-corrected chi connectivity index (χ0v) is 12.8. The second kappa shape index (κ2) is 5.76. The van der Waals surface area contributed by atoms with Crippen LogP contribution >= 0.6 is 0 Å². The largest absolute Gasteiger partial charge is 0.481 e. The van der Waals surface area contributed by atoms with Gasteiger partial charge in [0.2, 0.25) is 0 Å². The van der Waals surface area contributed by atoms with E-state index in [1.807, 2.05) is 32.0 Å². The summed E-state index contributed by atoms with van der Waals surface area (Å²) in [6.07, 6.45) is 1.32. The molecule has 21 heavy (non-hydrogen) atoms. The SMILES string of the molecule is Cc1cccc(NC(=O)N2CCCC(C)(C(=O)O)C2)c1C. The molecular weight excluding hydrogens is 268 g/mol. The van der Waals surface area contributed by atoms with E-state index in [2.05, 4.69) is 5.32 Å². The van der Waals surface area contributed by atoms with Crippen molar-refractivity contribution in [3.8, 4) is 0 Å². The van der Waals surface area contributed by atoms with Crippen molar-refractivity contribution in [2.75, 3.05) is 18.4 Å². The van der Waals surface area contributed by atoms with Gasteiger partial charge in [0, 0.05) is 18.8 Å². The molecule has 0 bridgehead atoms. The Morgan fingerprint density at radius 1 is 1.33 bits per heavy atom. The van der Waals surface area contributed by atoms with E-state index in [-0.39, 0.29) is 12.6 Å². The summed E-state index contributed by atoms with van der Waals surface area (Å²) in [4.78, 5) is 25.3. The Labute approximate surface area is 125 Å². The Morgan fingerprint density at radius 2 is 2.05 bits per heavy atom. The monoisotopic (exact) mass is 290 g/mol. The van der Waals surface area contributed by atoms with Gasteiger partial charge in [-0.1, -0.05) is 12.1 Å². The summed E-state index contributed by atoms with van der Waals surface area (Å²) >= 11 is 0. The fourth-order valence-electron chi connectivity index (χ4n) is 2.67. The van der Waals surface area contributed by atoms with Crippen molar-refractivity contribution >= 4 is 17.7 Å². The second-order valence-electron chi connectivity index (χ2n) is 6.07. The van der Waals surface area contributed by atoms with Crippen LogP contribution in [-0.2, 0) is 4.79 Å². The number of carbonyl (C=O) groups excluding carboxylic acids is 1. The Bertz CT molecular complexity index is 571. The number of urea groups is 1. The third-order valence-electron chi connectivity index (χ3n) is 4.35. The molecular formula is C16H22N2O3. The molecule has 1 aliphatic rings. The molecule has 114 valence electrons. The highest BCUT2D eigenvalue weighted by atomic mass is 16.4. The van der Waals surface area contributed by atoms with Crippen LogP contribution in [0.25, 0.3) is 0 Å². The number of nitrogens with one attached hydrogen (secondary N) is 1. The molecule has 1 aromatic carbocycles. The average Bonchev–Trinajstić information content (AvgIpc) is 2.43. The molecule has 0 spiro atoms. The quantitative estimate of drug-likeness (QED) is 0.879. The van der Waals surface area contributed by atoms with E-state index in [0.717, 1.165) is 16.8 Å². The fraction of sp³-hybridized carbons (Fsp3) is 0.500. The normalized spacial score (nSPS) is 22.0. The van der Waals surface area contributed by atoms with Gasteiger partial charge in [-0.15, -0.1) is 0 Å². The zero-order valence-electron chi connectivity index (χ0n) is 12.8. The summed E-state index contributed by atoms with van der Waals surface area (Å²) in [7, 11) is 0. The first kappa shape index (κ1) is 15.4. The standard InChI is InChI=1S/C16H22N2O3/c1-11-6-4-7-13(12(11)2)17-15(21)18-9-5-8-16(3,10-18)14(19)20/h4,6-7H,5,8-10H2,1-3H3,(H,17,21)(H,19,20). The predicted octanol–water partition coefficient (Wildman–Crippen LogP) is 3.02. The van der Waals surface area contributed by atoms with Crippen molar-refractivity contribution < 1.29 is 14.7 Å². The smallest absolute Gasteiger partial charge is 0.321 e. The molecule has 1 atom stereocenters. The lowest BCUT2D eigenvalue weighted by molar-refractivity contribution is -0.150. The van der Waals surface area contributed by atoms with Crippen LogP contribution < -0.4 is 5.32 Å². The molecule has 2 rings (SSSR count). The van der Waals surface area contributed by atoms with Crippen LogP contribution in [0.3, 0.4) is 0 Å². The molecule has 1 aliphatic heterocycles. The number of hydrogen-bond acceptors (Lipinski definition) is 2. The zero-order chi connectivity index (χ0) is 15.6. The van der Waals surface area contributed by atoms with Gasteiger partial charge in [0.25, 0.3) is 0 Å². The number of likely N-dealkylation sites (tertiary alicyclic amines) is 1. The number of carboxylic acid groups (broad SMARTS) is 1.